The number of rotatable bonds is 4. The highest BCUT2D eigenvalue weighted by atomic mass is 16.5. The summed E-state index contributed by atoms with van der Waals surface area (Å²) in [6.45, 7) is 4.41. The summed E-state index contributed by atoms with van der Waals surface area (Å²) in [5.74, 6) is -0.393. The Morgan fingerprint density at radius 3 is 3.00 bits per heavy atom. The maximum absolute atomic E-state index is 11.3. The molecule has 7 nitrogen and oxygen atoms in total. The van der Waals surface area contributed by atoms with Gasteiger partial charge in [-0.25, -0.2) is 9.48 Å². The van der Waals surface area contributed by atoms with Crippen molar-refractivity contribution in [3.63, 3.8) is 0 Å². The van der Waals surface area contributed by atoms with Crippen LogP contribution in [0.25, 0.3) is 17.6 Å². The molecule has 100 valence electrons. The second-order valence-electron chi connectivity index (χ2n) is 3.92. The Balaban J connectivity index is 2.27. The van der Waals surface area contributed by atoms with Crippen LogP contribution in [0.2, 0.25) is 0 Å². The summed E-state index contributed by atoms with van der Waals surface area (Å²) in [6.07, 6.45) is 5.01. The van der Waals surface area contributed by atoms with Crippen LogP contribution >= 0.6 is 0 Å². The van der Waals surface area contributed by atoms with Crippen LogP contribution in [0.15, 0.2) is 24.0 Å². The normalized spacial score (nSPS) is 11.6. The third-order valence-electron chi connectivity index (χ3n) is 2.62. The molecule has 0 aliphatic heterocycles. The van der Waals surface area contributed by atoms with Crippen LogP contribution < -0.4 is 0 Å². The smallest absolute Gasteiger partial charge is 0.334 e. The fourth-order valence-corrected chi connectivity index (χ4v) is 1.67. The monoisotopic (exact) mass is 261 g/mol. The van der Waals surface area contributed by atoms with E-state index in [2.05, 4.69) is 20.1 Å². The van der Waals surface area contributed by atoms with E-state index < -0.39 is 5.97 Å². The van der Waals surface area contributed by atoms with Crippen LogP contribution in [0.3, 0.4) is 0 Å². The lowest BCUT2D eigenvalue weighted by molar-refractivity contribution is -0.135. The molecule has 0 saturated carbocycles. The molecule has 2 rings (SSSR count). The van der Waals surface area contributed by atoms with Crippen molar-refractivity contribution in [3.05, 3.63) is 24.0 Å². The fourth-order valence-electron chi connectivity index (χ4n) is 1.67. The zero-order valence-corrected chi connectivity index (χ0v) is 11.1. The van der Waals surface area contributed by atoms with E-state index in [4.69, 9.17) is 0 Å². The molecule has 0 radical (unpaired) electrons. The van der Waals surface area contributed by atoms with Crippen molar-refractivity contribution in [1.82, 2.24) is 24.8 Å². The zero-order valence-electron chi connectivity index (χ0n) is 11.1. The van der Waals surface area contributed by atoms with Crippen molar-refractivity contribution in [1.29, 1.82) is 0 Å². The first kappa shape index (κ1) is 13.0. The number of carbonyl (C=O) groups excluding carboxylic acids is 1. The van der Waals surface area contributed by atoms with Gasteiger partial charge in [0.05, 0.1) is 24.6 Å². The SMILES string of the molecule is CCn1nccc1-c1cn(/C=C(\C)C(=O)OC)nn1. The van der Waals surface area contributed by atoms with Gasteiger partial charge in [0.2, 0.25) is 0 Å². The average Bonchev–Trinajstić information content (AvgIpc) is 3.05. The summed E-state index contributed by atoms with van der Waals surface area (Å²) >= 11 is 0. The van der Waals surface area contributed by atoms with E-state index in [1.54, 1.807) is 25.5 Å². The van der Waals surface area contributed by atoms with Gasteiger partial charge in [-0.1, -0.05) is 5.21 Å². The van der Waals surface area contributed by atoms with Gasteiger partial charge in [0, 0.05) is 18.9 Å². The first-order valence-electron chi connectivity index (χ1n) is 5.86. The van der Waals surface area contributed by atoms with Crippen molar-refractivity contribution >= 4 is 12.2 Å². The third kappa shape index (κ3) is 2.70. The van der Waals surface area contributed by atoms with Gasteiger partial charge in [0.25, 0.3) is 0 Å². The number of nitrogens with zero attached hydrogens (tertiary/aromatic N) is 5. The van der Waals surface area contributed by atoms with Gasteiger partial charge >= 0.3 is 5.97 Å². The lowest BCUT2D eigenvalue weighted by Crippen LogP contribution is -2.03. The van der Waals surface area contributed by atoms with Gasteiger partial charge in [-0.3, -0.25) is 4.68 Å². The molecule has 0 N–H and O–H groups in total. The highest BCUT2D eigenvalue weighted by molar-refractivity contribution is 5.90. The van der Waals surface area contributed by atoms with Crippen LogP contribution in [0, 0.1) is 0 Å². The van der Waals surface area contributed by atoms with Crippen LogP contribution in [0.5, 0.6) is 0 Å². The molecule has 7 heteroatoms. The van der Waals surface area contributed by atoms with Gasteiger partial charge in [-0.2, -0.15) is 5.10 Å². The first-order chi connectivity index (χ1) is 9.15. The topological polar surface area (TPSA) is 74.8 Å². The maximum Gasteiger partial charge on any atom is 0.334 e. The highest BCUT2D eigenvalue weighted by Gasteiger charge is 2.09. The van der Waals surface area contributed by atoms with E-state index >= 15 is 0 Å². The maximum atomic E-state index is 11.3. The molecule has 0 unspecified atom stereocenters. The second kappa shape index (κ2) is 5.47. The van der Waals surface area contributed by atoms with Crippen LogP contribution in [0.1, 0.15) is 13.8 Å². The number of carbonyl (C=O) groups is 1. The number of ether oxygens (including phenoxy) is 1. The molecule has 0 atom stereocenters. The molecule has 2 aromatic heterocycles. The lowest BCUT2D eigenvalue weighted by Gasteiger charge is -1.99. The third-order valence-corrected chi connectivity index (χ3v) is 2.62. The summed E-state index contributed by atoms with van der Waals surface area (Å²) in [4.78, 5) is 11.3. The van der Waals surface area contributed by atoms with Crippen LogP contribution in [-0.2, 0) is 16.1 Å². The molecule has 2 aromatic rings. The largest absolute Gasteiger partial charge is 0.466 e. The number of hydrogen-bond acceptors (Lipinski definition) is 5. The molecule has 0 aromatic carbocycles. The summed E-state index contributed by atoms with van der Waals surface area (Å²) in [7, 11) is 1.34. The zero-order chi connectivity index (χ0) is 13.8. The number of esters is 1. The molecule has 19 heavy (non-hydrogen) atoms. The van der Waals surface area contributed by atoms with Gasteiger partial charge in [0.15, 0.2) is 0 Å². The Kier molecular flexibility index (Phi) is 3.74. The predicted molar refractivity (Wildman–Crippen MR) is 68.9 cm³/mol. The molecule has 0 saturated heterocycles. The summed E-state index contributed by atoms with van der Waals surface area (Å²) in [5.41, 5.74) is 2.04. The first-order valence-corrected chi connectivity index (χ1v) is 5.86. The van der Waals surface area contributed by atoms with E-state index in [9.17, 15) is 4.79 Å². The molecule has 0 bridgehead atoms. The van der Waals surface area contributed by atoms with Gasteiger partial charge in [-0.05, 0) is 19.9 Å². The molecule has 0 aliphatic carbocycles. The van der Waals surface area contributed by atoms with Gasteiger partial charge in [0.1, 0.15) is 5.69 Å². The quantitative estimate of drug-likeness (QED) is 0.610. The minimum Gasteiger partial charge on any atom is -0.466 e. The van der Waals surface area contributed by atoms with Crippen molar-refractivity contribution in [2.24, 2.45) is 0 Å². The Hall–Kier alpha value is -2.44. The molecule has 2 heterocycles. The highest BCUT2D eigenvalue weighted by Crippen LogP contribution is 2.15. The minimum atomic E-state index is -0.393. The Morgan fingerprint density at radius 1 is 1.53 bits per heavy atom. The molecule has 0 spiro atoms. The fraction of sp³-hybridized carbons (Fsp3) is 0.333. The van der Waals surface area contributed by atoms with E-state index in [0.717, 1.165) is 12.2 Å². The lowest BCUT2D eigenvalue weighted by atomic mass is 10.3. The number of aryl methyl sites for hydroxylation is 1. The minimum absolute atomic E-state index is 0.393. The Morgan fingerprint density at radius 2 is 2.32 bits per heavy atom. The van der Waals surface area contributed by atoms with E-state index in [1.807, 2.05) is 17.7 Å². The van der Waals surface area contributed by atoms with Gasteiger partial charge < -0.3 is 4.74 Å². The van der Waals surface area contributed by atoms with Crippen molar-refractivity contribution < 1.29 is 9.53 Å². The van der Waals surface area contributed by atoms with Crippen molar-refractivity contribution in [3.8, 4) is 11.4 Å². The molecule has 0 amide bonds. The summed E-state index contributed by atoms with van der Waals surface area (Å²) in [6, 6.07) is 1.87. The Bertz CT molecular complexity index is 611. The number of methoxy groups -OCH3 is 1. The molecular weight excluding hydrogens is 246 g/mol. The Labute approximate surface area is 110 Å². The van der Waals surface area contributed by atoms with Crippen LogP contribution in [0.4, 0.5) is 0 Å². The van der Waals surface area contributed by atoms with Crippen molar-refractivity contribution in [2.75, 3.05) is 7.11 Å². The predicted octanol–water partition coefficient (Wildman–Crippen LogP) is 1.20. The van der Waals surface area contributed by atoms with Crippen molar-refractivity contribution in [2.45, 2.75) is 20.4 Å². The molecule has 0 aliphatic rings. The summed E-state index contributed by atoms with van der Waals surface area (Å²) in [5, 5.41) is 12.2. The van der Waals surface area contributed by atoms with E-state index in [1.165, 1.54) is 11.8 Å². The van der Waals surface area contributed by atoms with E-state index in [0.29, 0.717) is 11.3 Å². The molecule has 0 fully saturated rings. The van der Waals surface area contributed by atoms with Gasteiger partial charge in [-0.15, -0.1) is 5.10 Å². The summed E-state index contributed by atoms with van der Waals surface area (Å²) < 4.78 is 7.92. The van der Waals surface area contributed by atoms with E-state index in [-0.39, 0.29) is 0 Å². The number of aromatic nitrogens is 5. The average molecular weight is 261 g/mol. The second-order valence-corrected chi connectivity index (χ2v) is 3.92. The molecular formula is C12H15N5O2. The number of hydrogen-bond donors (Lipinski definition) is 0. The standard InChI is InChI=1S/C12H15N5O2/c1-4-17-11(5-6-13-17)10-8-16(15-14-10)7-9(2)12(18)19-3/h5-8H,4H2,1-3H3/b9-7+. The van der Waals surface area contributed by atoms with Crippen LogP contribution in [-0.4, -0.2) is 37.9 Å².